The topological polar surface area (TPSA) is 130 Å². The van der Waals surface area contributed by atoms with Crippen molar-refractivity contribution in [3.8, 4) is 6.07 Å². The summed E-state index contributed by atoms with van der Waals surface area (Å²) in [6, 6.07) is 10.7. The fourth-order valence-electron chi connectivity index (χ4n) is 2.48. The first-order chi connectivity index (χ1) is 13.9. The van der Waals surface area contributed by atoms with Gasteiger partial charge < -0.3 is 11.1 Å². The molecule has 0 saturated carbocycles. The molecule has 3 rings (SSSR count). The monoisotopic (exact) mass is 425 g/mol. The first-order valence-corrected chi connectivity index (χ1v) is 9.80. The summed E-state index contributed by atoms with van der Waals surface area (Å²) in [6.07, 6.45) is 0. The molecule has 0 aliphatic heterocycles. The highest BCUT2D eigenvalue weighted by molar-refractivity contribution is 7.98. The van der Waals surface area contributed by atoms with Crippen LogP contribution in [0.2, 0.25) is 5.02 Å². The fraction of sp³-hybridized carbons (Fsp3) is 0.158. The maximum absolute atomic E-state index is 11.7. The van der Waals surface area contributed by atoms with Crippen LogP contribution in [0.25, 0.3) is 0 Å². The van der Waals surface area contributed by atoms with Gasteiger partial charge in [0.05, 0.1) is 11.3 Å². The van der Waals surface area contributed by atoms with E-state index in [4.69, 9.17) is 17.3 Å². The van der Waals surface area contributed by atoms with Crippen LogP contribution in [0, 0.1) is 18.3 Å². The highest BCUT2D eigenvalue weighted by Gasteiger charge is 2.14. The molecule has 0 aliphatic carbocycles. The summed E-state index contributed by atoms with van der Waals surface area (Å²) < 4.78 is 0. The number of nitrogens with two attached hydrogens (primary N) is 1. The predicted molar refractivity (Wildman–Crippen MR) is 112 cm³/mol. The zero-order valence-corrected chi connectivity index (χ0v) is 17.2. The number of carbonyl (C=O) groups is 1. The van der Waals surface area contributed by atoms with Crippen LogP contribution in [0.15, 0.2) is 35.4 Å². The van der Waals surface area contributed by atoms with E-state index in [1.807, 2.05) is 0 Å². The zero-order valence-electron chi connectivity index (χ0n) is 15.6. The molecule has 0 saturated heterocycles. The Morgan fingerprint density at radius 1 is 1.24 bits per heavy atom. The van der Waals surface area contributed by atoms with E-state index in [-0.39, 0.29) is 11.7 Å². The van der Waals surface area contributed by atoms with Gasteiger partial charge in [0.25, 0.3) is 0 Å². The van der Waals surface area contributed by atoms with Crippen molar-refractivity contribution in [1.29, 1.82) is 5.26 Å². The number of nitrogens with zero attached hydrogens (tertiary/aromatic N) is 5. The highest BCUT2D eigenvalue weighted by atomic mass is 35.5. The second-order valence-corrected chi connectivity index (χ2v) is 7.40. The molecule has 146 valence electrons. The molecule has 3 aromatic rings. The fourth-order valence-corrected chi connectivity index (χ4v) is 3.47. The zero-order chi connectivity index (χ0) is 21.0. The van der Waals surface area contributed by atoms with Crippen LogP contribution in [0.4, 0.5) is 17.6 Å². The number of nitriles is 1. The Labute approximate surface area is 176 Å². The van der Waals surface area contributed by atoms with Gasteiger partial charge in [0.2, 0.25) is 11.9 Å². The number of carbonyl (C=O) groups excluding carboxylic acids is 1. The van der Waals surface area contributed by atoms with E-state index in [1.54, 1.807) is 37.3 Å². The molecule has 0 atom stereocenters. The van der Waals surface area contributed by atoms with Gasteiger partial charge in [0.1, 0.15) is 16.9 Å². The van der Waals surface area contributed by atoms with Gasteiger partial charge in [-0.25, -0.2) is 4.98 Å². The van der Waals surface area contributed by atoms with Crippen LogP contribution in [-0.2, 0) is 5.75 Å². The number of Topliss-reactive ketones (excluding diaryl/α,β-unsaturated/α-hetero) is 1. The normalized spacial score (nSPS) is 10.4. The lowest BCUT2D eigenvalue weighted by Gasteiger charge is -2.09. The van der Waals surface area contributed by atoms with E-state index >= 15 is 0 Å². The summed E-state index contributed by atoms with van der Waals surface area (Å²) >= 11 is 7.17. The van der Waals surface area contributed by atoms with Gasteiger partial charge in [0.15, 0.2) is 5.78 Å². The summed E-state index contributed by atoms with van der Waals surface area (Å²) in [7, 11) is 0. The quantitative estimate of drug-likeness (QED) is 0.445. The van der Waals surface area contributed by atoms with Crippen LogP contribution >= 0.6 is 23.4 Å². The Hall–Kier alpha value is -3.22. The van der Waals surface area contributed by atoms with E-state index in [9.17, 15) is 10.1 Å². The number of ketones is 1. The van der Waals surface area contributed by atoms with Crippen LogP contribution in [0.3, 0.4) is 0 Å². The van der Waals surface area contributed by atoms with Gasteiger partial charge in [0, 0.05) is 22.0 Å². The Balaban J connectivity index is 1.80. The van der Waals surface area contributed by atoms with Gasteiger partial charge in [-0.1, -0.05) is 23.4 Å². The summed E-state index contributed by atoms with van der Waals surface area (Å²) in [5.41, 5.74) is 7.88. The van der Waals surface area contributed by atoms with E-state index in [1.165, 1.54) is 18.7 Å². The number of nitrogens with one attached hydrogen (secondary N) is 1. The van der Waals surface area contributed by atoms with Crippen molar-refractivity contribution in [2.24, 2.45) is 0 Å². The molecule has 1 aromatic carbocycles. The maximum Gasteiger partial charge on any atom is 0.232 e. The van der Waals surface area contributed by atoms with Gasteiger partial charge in [-0.3, -0.25) is 4.79 Å². The lowest BCUT2D eigenvalue weighted by molar-refractivity contribution is 0.101. The Morgan fingerprint density at radius 3 is 2.62 bits per heavy atom. The molecule has 29 heavy (non-hydrogen) atoms. The summed E-state index contributed by atoms with van der Waals surface area (Å²) in [4.78, 5) is 28.6. The molecule has 0 radical (unpaired) electrons. The molecule has 0 bridgehead atoms. The van der Waals surface area contributed by atoms with Gasteiger partial charge in [-0.15, -0.1) is 0 Å². The van der Waals surface area contributed by atoms with Crippen molar-refractivity contribution in [2.75, 3.05) is 11.1 Å². The minimum atomic E-state index is -0.133. The average molecular weight is 426 g/mol. The Kier molecular flexibility index (Phi) is 6.26. The molecule has 0 fully saturated rings. The lowest BCUT2D eigenvalue weighted by atomic mass is 10.1. The molecule has 0 aliphatic rings. The number of thioether (sulfide) groups is 1. The number of aryl methyl sites for hydroxylation is 1. The molecule has 0 amide bonds. The number of anilines is 3. The minimum absolute atomic E-state index is 0.0728. The standard InChI is InChI=1S/C19H16ClN7OS/c1-10-15(11(2)28)7-12(8-21)17(23-10)29-9-16-25-18(22)27-19(26-16)24-14-5-3-13(20)4-6-14/h3-7H,9H2,1-2H3,(H3,22,24,25,26,27). The number of halogens is 1. The lowest BCUT2D eigenvalue weighted by Crippen LogP contribution is -2.07. The summed E-state index contributed by atoms with van der Waals surface area (Å²) in [5, 5.41) is 13.6. The first kappa shape index (κ1) is 20.5. The largest absolute Gasteiger partial charge is 0.368 e. The van der Waals surface area contributed by atoms with E-state index in [0.717, 1.165) is 5.69 Å². The third-order valence-electron chi connectivity index (χ3n) is 3.82. The Morgan fingerprint density at radius 2 is 1.97 bits per heavy atom. The SMILES string of the molecule is CC(=O)c1cc(C#N)c(SCc2nc(N)nc(Nc3ccc(Cl)cc3)n2)nc1C. The summed E-state index contributed by atoms with van der Waals surface area (Å²) in [6.45, 7) is 3.18. The predicted octanol–water partition coefficient (Wildman–Crippen LogP) is 3.92. The van der Waals surface area contributed by atoms with Crippen molar-refractivity contribution in [3.05, 3.63) is 58.0 Å². The molecule has 8 nitrogen and oxygen atoms in total. The molecule has 2 aromatic heterocycles. The van der Waals surface area contributed by atoms with Crippen molar-refractivity contribution >= 4 is 46.7 Å². The average Bonchev–Trinajstić information content (AvgIpc) is 2.67. The molecule has 0 unspecified atom stereocenters. The van der Waals surface area contributed by atoms with Crippen molar-refractivity contribution in [2.45, 2.75) is 24.6 Å². The number of hydrogen-bond acceptors (Lipinski definition) is 9. The van der Waals surface area contributed by atoms with Crippen LogP contribution < -0.4 is 11.1 Å². The molecular weight excluding hydrogens is 410 g/mol. The molecular formula is C19H16ClN7OS. The third-order valence-corrected chi connectivity index (χ3v) is 5.05. The van der Waals surface area contributed by atoms with E-state index in [0.29, 0.717) is 44.4 Å². The number of hydrogen-bond donors (Lipinski definition) is 2. The van der Waals surface area contributed by atoms with Crippen LogP contribution in [0.1, 0.15) is 34.4 Å². The second kappa shape index (κ2) is 8.86. The van der Waals surface area contributed by atoms with Crippen molar-refractivity contribution < 1.29 is 4.79 Å². The maximum atomic E-state index is 11.7. The number of pyridine rings is 1. The van der Waals surface area contributed by atoms with Crippen LogP contribution in [-0.4, -0.2) is 25.7 Å². The highest BCUT2D eigenvalue weighted by Crippen LogP contribution is 2.26. The first-order valence-electron chi connectivity index (χ1n) is 8.44. The third kappa shape index (κ3) is 5.19. The van der Waals surface area contributed by atoms with E-state index in [2.05, 4.69) is 31.3 Å². The molecule has 3 N–H and O–H groups in total. The molecule has 10 heteroatoms. The molecule has 2 heterocycles. The minimum Gasteiger partial charge on any atom is -0.368 e. The number of nitrogen functional groups attached to an aromatic ring is 1. The number of rotatable bonds is 6. The van der Waals surface area contributed by atoms with Crippen molar-refractivity contribution in [3.63, 3.8) is 0 Å². The Bertz CT molecular complexity index is 1110. The van der Waals surface area contributed by atoms with Gasteiger partial charge in [-0.05, 0) is 44.2 Å². The second-order valence-electron chi connectivity index (χ2n) is 6.00. The van der Waals surface area contributed by atoms with E-state index < -0.39 is 0 Å². The van der Waals surface area contributed by atoms with Crippen molar-refractivity contribution in [1.82, 2.24) is 19.9 Å². The van der Waals surface area contributed by atoms with Crippen LogP contribution in [0.5, 0.6) is 0 Å². The van der Waals surface area contributed by atoms with Gasteiger partial charge in [-0.2, -0.15) is 20.2 Å². The van der Waals surface area contributed by atoms with Gasteiger partial charge >= 0.3 is 0 Å². The number of aromatic nitrogens is 4. The summed E-state index contributed by atoms with van der Waals surface area (Å²) in [5.74, 6) is 0.988. The molecule has 0 spiro atoms. The smallest absolute Gasteiger partial charge is 0.232 e. The number of benzene rings is 1.